The summed E-state index contributed by atoms with van der Waals surface area (Å²) in [6.45, 7) is 3.88. The molecule has 1 amide bonds. The number of carbonyl (C=O) groups excluding carboxylic acids is 1. The van der Waals surface area contributed by atoms with Gasteiger partial charge in [0.25, 0.3) is 5.91 Å². The minimum absolute atomic E-state index is 0.0534. The van der Waals surface area contributed by atoms with E-state index in [2.05, 4.69) is 33.5 Å². The summed E-state index contributed by atoms with van der Waals surface area (Å²) in [5, 5.41) is 2.10. The Morgan fingerprint density at radius 1 is 1.19 bits per heavy atom. The average Bonchev–Trinajstić information content (AvgIpc) is 3.47. The maximum absolute atomic E-state index is 13.9. The molecule has 4 heterocycles. The molecule has 2 aliphatic rings. The number of hydrogen-bond acceptors (Lipinski definition) is 6. The van der Waals surface area contributed by atoms with Gasteiger partial charge in [0.15, 0.2) is 5.60 Å². The molecule has 2 aliphatic heterocycles. The zero-order valence-electron chi connectivity index (χ0n) is 18.1. The Morgan fingerprint density at radius 3 is 2.78 bits per heavy atom. The second-order valence-electron chi connectivity index (χ2n) is 8.40. The maximum atomic E-state index is 13.9. The van der Waals surface area contributed by atoms with E-state index in [4.69, 9.17) is 9.47 Å². The fraction of sp³-hybridized carbons (Fsp3) is 0.360. The van der Waals surface area contributed by atoms with Crippen LogP contribution in [0.4, 0.5) is 0 Å². The van der Waals surface area contributed by atoms with Crippen molar-refractivity contribution in [3.63, 3.8) is 0 Å². The number of pyridine rings is 1. The first-order valence-electron chi connectivity index (χ1n) is 10.9. The third kappa shape index (κ3) is 4.03. The highest BCUT2D eigenvalue weighted by molar-refractivity contribution is 7.09. The standard InChI is InChI=1S/C25H27N3O3S/c1-30-21-8-6-19(7-9-21)15-28-11-12-31-25(24(28)29)18-27(16-22-5-3-13-32-22)17-23(25)20-4-2-10-26-14-20/h2-10,13-14,23H,11-12,15-18H2,1H3/t23-,25+/m0/s1. The van der Waals surface area contributed by atoms with Crippen LogP contribution in [0.25, 0.3) is 0 Å². The zero-order valence-corrected chi connectivity index (χ0v) is 19.0. The van der Waals surface area contributed by atoms with Crippen molar-refractivity contribution in [1.29, 1.82) is 0 Å². The van der Waals surface area contributed by atoms with Crippen LogP contribution < -0.4 is 4.74 Å². The fourth-order valence-corrected chi connectivity index (χ4v) is 5.59. The Kier molecular flexibility index (Phi) is 5.95. The first-order valence-corrected chi connectivity index (χ1v) is 11.8. The lowest BCUT2D eigenvalue weighted by atomic mass is 9.83. The van der Waals surface area contributed by atoms with Crippen molar-refractivity contribution in [2.75, 3.05) is 33.4 Å². The number of hydrogen-bond donors (Lipinski definition) is 0. The molecule has 0 N–H and O–H groups in total. The Balaban J connectivity index is 1.42. The molecule has 0 radical (unpaired) electrons. The Hall–Kier alpha value is -2.74. The number of amides is 1. The Labute approximate surface area is 192 Å². The monoisotopic (exact) mass is 449 g/mol. The van der Waals surface area contributed by atoms with Crippen LogP contribution in [0.5, 0.6) is 5.75 Å². The molecule has 2 aromatic heterocycles. The smallest absolute Gasteiger partial charge is 0.257 e. The van der Waals surface area contributed by atoms with Crippen LogP contribution in [0, 0.1) is 0 Å². The maximum Gasteiger partial charge on any atom is 0.257 e. The summed E-state index contributed by atoms with van der Waals surface area (Å²) in [6.07, 6.45) is 3.65. The number of ether oxygens (including phenoxy) is 2. The third-order valence-electron chi connectivity index (χ3n) is 6.41. The summed E-state index contributed by atoms with van der Waals surface area (Å²) < 4.78 is 11.6. The molecule has 32 heavy (non-hydrogen) atoms. The van der Waals surface area contributed by atoms with Gasteiger partial charge in [0.05, 0.1) is 13.7 Å². The average molecular weight is 450 g/mol. The van der Waals surface area contributed by atoms with E-state index in [0.717, 1.165) is 30.0 Å². The molecule has 7 heteroatoms. The largest absolute Gasteiger partial charge is 0.497 e. The van der Waals surface area contributed by atoms with E-state index >= 15 is 0 Å². The number of morpholine rings is 1. The molecule has 2 fully saturated rings. The molecule has 0 bridgehead atoms. The summed E-state index contributed by atoms with van der Waals surface area (Å²) in [4.78, 5) is 23.9. The van der Waals surface area contributed by atoms with Crippen molar-refractivity contribution in [1.82, 2.24) is 14.8 Å². The molecule has 6 nitrogen and oxygen atoms in total. The van der Waals surface area contributed by atoms with E-state index in [1.807, 2.05) is 41.4 Å². The zero-order chi connectivity index (χ0) is 22.0. The summed E-state index contributed by atoms with van der Waals surface area (Å²) >= 11 is 1.75. The van der Waals surface area contributed by atoms with E-state index in [1.54, 1.807) is 24.6 Å². The Morgan fingerprint density at radius 2 is 2.06 bits per heavy atom. The van der Waals surface area contributed by atoms with Crippen molar-refractivity contribution in [2.24, 2.45) is 0 Å². The lowest BCUT2D eigenvalue weighted by molar-refractivity contribution is -0.173. The van der Waals surface area contributed by atoms with E-state index in [-0.39, 0.29) is 11.8 Å². The normalized spacial score (nSPS) is 23.7. The highest BCUT2D eigenvalue weighted by Gasteiger charge is 2.57. The van der Waals surface area contributed by atoms with Crippen molar-refractivity contribution < 1.29 is 14.3 Å². The summed E-state index contributed by atoms with van der Waals surface area (Å²) in [7, 11) is 1.66. The van der Waals surface area contributed by atoms with Gasteiger partial charge in [-0.3, -0.25) is 14.7 Å². The SMILES string of the molecule is COc1ccc(CN2CCO[C@@]3(CN(Cc4cccs4)C[C@H]3c3cccnc3)C2=O)cc1. The molecule has 0 unspecified atom stereocenters. The van der Waals surface area contributed by atoms with Gasteiger partial charge in [-0.05, 0) is 40.8 Å². The van der Waals surface area contributed by atoms with Gasteiger partial charge in [-0.15, -0.1) is 11.3 Å². The van der Waals surface area contributed by atoms with E-state index in [1.165, 1.54) is 4.88 Å². The van der Waals surface area contributed by atoms with Crippen molar-refractivity contribution in [3.8, 4) is 5.75 Å². The van der Waals surface area contributed by atoms with Gasteiger partial charge in [0.1, 0.15) is 5.75 Å². The molecule has 1 aromatic carbocycles. The molecule has 0 aliphatic carbocycles. The summed E-state index contributed by atoms with van der Waals surface area (Å²) in [5.41, 5.74) is 1.26. The van der Waals surface area contributed by atoms with Gasteiger partial charge >= 0.3 is 0 Å². The summed E-state index contributed by atoms with van der Waals surface area (Å²) in [6, 6.07) is 16.1. The topological polar surface area (TPSA) is 54.9 Å². The van der Waals surface area contributed by atoms with Crippen molar-refractivity contribution in [2.45, 2.75) is 24.6 Å². The number of benzene rings is 1. The second-order valence-corrected chi connectivity index (χ2v) is 9.43. The van der Waals surface area contributed by atoms with Gasteiger partial charge < -0.3 is 14.4 Å². The Bertz CT molecular complexity index is 1040. The predicted molar refractivity (Wildman–Crippen MR) is 124 cm³/mol. The first-order chi connectivity index (χ1) is 15.7. The number of nitrogens with zero attached hydrogens (tertiary/aromatic N) is 3. The molecular formula is C25H27N3O3S. The number of thiophene rings is 1. The van der Waals surface area contributed by atoms with Crippen LogP contribution in [-0.2, 0) is 22.6 Å². The molecule has 3 aromatic rings. The lowest BCUT2D eigenvalue weighted by Gasteiger charge is -2.42. The molecule has 2 saturated heterocycles. The van der Waals surface area contributed by atoms with Crippen LogP contribution in [0.2, 0.25) is 0 Å². The van der Waals surface area contributed by atoms with Gasteiger partial charge in [0, 0.05) is 55.9 Å². The predicted octanol–water partition coefficient (Wildman–Crippen LogP) is 3.55. The molecule has 166 valence electrons. The molecular weight excluding hydrogens is 422 g/mol. The first kappa shape index (κ1) is 21.1. The van der Waals surface area contributed by atoms with Crippen LogP contribution in [0.3, 0.4) is 0 Å². The van der Waals surface area contributed by atoms with Crippen molar-refractivity contribution in [3.05, 3.63) is 82.3 Å². The minimum Gasteiger partial charge on any atom is -0.497 e. The highest BCUT2D eigenvalue weighted by atomic mass is 32.1. The van der Waals surface area contributed by atoms with E-state index < -0.39 is 5.60 Å². The minimum atomic E-state index is -0.884. The molecule has 5 rings (SSSR count). The third-order valence-corrected chi connectivity index (χ3v) is 7.27. The van der Waals surface area contributed by atoms with E-state index in [9.17, 15) is 4.79 Å². The lowest BCUT2D eigenvalue weighted by Crippen LogP contribution is -2.59. The van der Waals surface area contributed by atoms with Gasteiger partial charge in [-0.1, -0.05) is 24.3 Å². The van der Waals surface area contributed by atoms with Crippen LogP contribution >= 0.6 is 11.3 Å². The molecule has 1 spiro atoms. The van der Waals surface area contributed by atoms with Crippen molar-refractivity contribution >= 4 is 17.2 Å². The van der Waals surface area contributed by atoms with Crippen LogP contribution in [0.15, 0.2) is 66.3 Å². The van der Waals surface area contributed by atoms with Gasteiger partial charge in [0.2, 0.25) is 0 Å². The van der Waals surface area contributed by atoms with E-state index in [0.29, 0.717) is 26.2 Å². The molecule has 2 atom stereocenters. The fourth-order valence-electron chi connectivity index (χ4n) is 4.85. The van der Waals surface area contributed by atoms with Gasteiger partial charge in [-0.2, -0.15) is 0 Å². The second kappa shape index (κ2) is 9.02. The highest BCUT2D eigenvalue weighted by Crippen LogP contribution is 2.42. The number of likely N-dealkylation sites (tertiary alicyclic amines) is 1. The van der Waals surface area contributed by atoms with Crippen LogP contribution in [0.1, 0.15) is 21.9 Å². The summed E-state index contributed by atoms with van der Waals surface area (Å²) in [5.74, 6) is 0.833. The number of methoxy groups -OCH3 is 1. The number of rotatable bonds is 6. The van der Waals surface area contributed by atoms with Crippen LogP contribution in [-0.4, -0.2) is 59.6 Å². The number of aromatic nitrogens is 1. The molecule has 0 saturated carbocycles. The number of carbonyl (C=O) groups is 1. The van der Waals surface area contributed by atoms with Gasteiger partial charge in [-0.25, -0.2) is 0 Å². The quantitative estimate of drug-likeness (QED) is 0.576.